The highest BCUT2D eigenvalue weighted by atomic mass is 35.5. The maximum atomic E-state index is 12.9. The van der Waals surface area contributed by atoms with E-state index < -0.39 is 12.1 Å². The van der Waals surface area contributed by atoms with Crippen LogP contribution >= 0.6 is 12.4 Å². The second-order valence-corrected chi connectivity index (χ2v) is 18.1. The predicted molar refractivity (Wildman–Crippen MR) is 266 cm³/mol. The number of halogens is 1. The summed E-state index contributed by atoms with van der Waals surface area (Å²) in [6.07, 6.45) is 6.69. The molecule has 4 fully saturated rings. The van der Waals surface area contributed by atoms with Crippen LogP contribution in [0.2, 0.25) is 0 Å². The summed E-state index contributed by atoms with van der Waals surface area (Å²) in [5.41, 5.74) is 10.5. The van der Waals surface area contributed by atoms with E-state index in [1.54, 1.807) is 9.80 Å². The third-order valence-electron chi connectivity index (χ3n) is 13.9. The molecule has 13 nitrogen and oxygen atoms in total. The van der Waals surface area contributed by atoms with Crippen LogP contribution in [0.3, 0.4) is 0 Å². The Morgan fingerprint density at radius 1 is 0.588 bits per heavy atom. The van der Waals surface area contributed by atoms with E-state index >= 15 is 0 Å². The number of aryl methyl sites for hydroxylation is 2. The Labute approximate surface area is 407 Å². The lowest BCUT2D eigenvalue weighted by atomic mass is 9.87. The minimum absolute atomic E-state index is 0. The summed E-state index contributed by atoms with van der Waals surface area (Å²) < 4.78 is 0. The summed E-state index contributed by atoms with van der Waals surface area (Å²) in [7, 11) is 0. The summed E-state index contributed by atoms with van der Waals surface area (Å²) in [5.74, 6) is -0.398. The summed E-state index contributed by atoms with van der Waals surface area (Å²) in [6, 6.07) is 27.3. The molecule has 2 unspecified atom stereocenters. The molecule has 14 heteroatoms. The minimum atomic E-state index is -0.555. The number of likely N-dealkylation sites (tertiary alicyclic amines) is 1. The van der Waals surface area contributed by atoms with Crippen molar-refractivity contribution in [1.29, 1.82) is 0 Å². The highest BCUT2D eigenvalue weighted by Gasteiger charge is 2.41. The number of hydrogen-bond donors (Lipinski definition) is 3. The smallest absolute Gasteiger partial charge is 0.255 e. The molecule has 0 aromatic heterocycles. The van der Waals surface area contributed by atoms with Gasteiger partial charge in [0.05, 0.1) is 0 Å². The van der Waals surface area contributed by atoms with Crippen molar-refractivity contribution < 1.29 is 33.6 Å². The van der Waals surface area contributed by atoms with E-state index in [-0.39, 0.29) is 75.5 Å². The van der Waals surface area contributed by atoms with Crippen molar-refractivity contribution in [2.45, 2.75) is 124 Å². The van der Waals surface area contributed by atoms with Crippen LogP contribution in [0.15, 0.2) is 84.9 Å². The molecule has 0 aliphatic carbocycles. The summed E-state index contributed by atoms with van der Waals surface area (Å²) in [6.45, 7) is 10.2. The van der Waals surface area contributed by atoms with Crippen LogP contribution in [0.4, 0.5) is 0 Å². The van der Waals surface area contributed by atoms with Gasteiger partial charge in [-0.15, -0.1) is 12.4 Å². The van der Waals surface area contributed by atoms with Crippen LogP contribution in [-0.2, 0) is 38.8 Å². The van der Waals surface area contributed by atoms with Gasteiger partial charge >= 0.3 is 0 Å². The molecule has 6 amide bonds. The SMILES string of the molecule is C.C.Cc1ccccc1C=O.Cc1ccccc1CN1CCC(c2ccc3c(c2)CN(C2CCC(=O)NC2=O)C3=O)CC1.Cl.O=C1CCC(N2Cc3cc(C4CCNCC4)ccc3C2=O)C(=O)N1. The Bertz CT molecular complexity index is 2500. The zero-order valence-corrected chi connectivity index (χ0v) is 38.5. The summed E-state index contributed by atoms with van der Waals surface area (Å²) in [4.78, 5) is 88.7. The van der Waals surface area contributed by atoms with Gasteiger partial charge in [0.1, 0.15) is 18.4 Å². The normalized spacial score (nSPS) is 20.4. The van der Waals surface area contributed by atoms with E-state index in [0.717, 1.165) is 86.9 Å². The number of imide groups is 2. The van der Waals surface area contributed by atoms with Gasteiger partial charge in [-0.25, -0.2) is 0 Å². The molecule has 6 aliphatic rings. The molecule has 0 bridgehead atoms. The molecular weight excluding hydrogens is 880 g/mol. The van der Waals surface area contributed by atoms with Crippen LogP contribution in [0.5, 0.6) is 0 Å². The van der Waals surface area contributed by atoms with Crippen LogP contribution in [-0.4, -0.2) is 94.7 Å². The third kappa shape index (κ3) is 12.0. The number of piperidine rings is 4. The Hall–Kier alpha value is -6.02. The summed E-state index contributed by atoms with van der Waals surface area (Å²) >= 11 is 0. The zero-order valence-electron chi connectivity index (χ0n) is 37.7. The molecule has 4 aromatic rings. The lowest BCUT2D eigenvalue weighted by Gasteiger charge is -2.32. The van der Waals surface area contributed by atoms with Crippen LogP contribution in [0, 0.1) is 13.8 Å². The fraction of sp³-hybridized carbons (Fsp3) is 0.426. The topological polar surface area (TPSA) is 165 Å². The first-order chi connectivity index (χ1) is 31.5. The van der Waals surface area contributed by atoms with Gasteiger partial charge in [0.15, 0.2) is 0 Å². The number of rotatable bonds is 7. The number of aldehydes is 1. The second-order valence-electron chi connectivity index (χ2n) is 18.1. The van der Waals surface area contributed by atoms with Crippen molar-refractivity contribution in [2.75, 3.05) is 26.2 Å². The van der Waals surface area contributed by atoms with E-state index in [2.05, 4.69) is 76.3 Å². The van der Waals surface area contributed by atoms with E-state index in [9.17, 15) is 33.6 Å². The predicted octanol–water partition coefficient (Wildman–Crippen LogP) is 7.55. The molecule has 4 aromatic carbocycles. The van der Waals surface area contributed by atoms with Gasteiger partial charge in [0, 0.05) is 49.2 Å². The number of nitrogens with zero attached hydrogens (tertiary/aromatic N) is 3. The molecule has 0 saturated carbocycles. The quantitative estimate of drug-likeness (QED) is 0.125. The first-order valence-corrected chi connectivity index (χ1v) is 23.0. The summed E-state index contributed by atoms with van der Waals surface area (Å²) in [5, 5.41) is 8.07. The largest absolute Gasteiger partial charge is 0.322 e. The molecule has 0 spiro atoms. The van der Waals surface area contributed by atoms with Crippen LogP contribution < -0.4 is 16.0 Å². The third-order valence-corrected chi connectivity index (χ3v) is 13.9. The number of nitrogens with one attached hydrogen (secondary N) is 3. The number of hydrogen-bond acceptors (Lipinski definition) is 9. The van der Waals surface area contributed by atoms with Crippen molar-refractivity contribution in [3.63, 3.8) is 0 Å². The molecule has 6 aliphatic heterocycles. The minimum Gasteiger partial charge on any atom is -0.322 e. The van der Waals surface area contributed by atoms with Gasteiger partial charge < -0.3 is 15.1 Å². The van der Waals surface area contributed by atoms with Crippen LogP contribution in [0.25, 0.3) is 0 Å². The van der Waals surface area contributed by atoms with Gasteiger partial charge in [-0.3, -0.25) is 49.1 Å². The first kappa shape index (κ1) is 52.9. The fourth-order valence-electron chi connectivity index (χ4n) is 10.0. The Morgan fingerprint density at radius 2 is 1.06 bits per heavy atom. The van der Waals surface area contributed by atoms with Gasteiger partial charge in [-0.2, -0.15) is 0 Å². The number of benzene rings is 4. The van der Waals surface area contributed by atoms with E-state index in [0.29, 0.717) is 48.9 Å². The molecule has 3 N–H and O–H groups in total. The van der Waals surface area contributed by atoms with Crippen molar-refractivity contribution >= 4 is 54.1 Å². The maximum Gasteiger partial charge on any atom is 0.255 e. The van der Waals surface area contributed by atoms with E-state index in [4.69, 9.17) is 0 Å². The molecular formula is C54H67ClN6O7. The average molecular weight is 948 g/mol. The highest BCUT2D eigenvalue weighted by Crippen LogP contribution is 2.35. The second kappa shape index (κ2) is 23.8. The average Bonchev–Trinajstić information content (AvgIpc) is 3.82. The standard InChI is InChI=1S/C26H29N3O3.C18H21N3O3.C8H8O.2CH4.ClH/c1-17-4-2-3-5-20(17)15-28-12-10-18(11-13-28)19-6-7-22-21(14-19)16-29(26(22)32)23-8-9-24(30)27-25(23)31;22-16-4-3-15(17(23)20-16)21-10-13-9-12(1-2-14(13)18(21)24)11-5-7-19-8-6-11;1-7-4-2-3-5-8(7)6-9;;;/h2-7,14,18,23H,8-13,15-16H2,1H3,(H,27,30,31);1-2,9,11,15,19H,3-8,10H2,(H,20,22,23);2-6H,1H3;2*1H4;1H. The Kier molecular flexibility index (Phi) is 18.5. The molecule has 10 rings (SSSR count). The van der Waals surface area contributed by atoms with Gasteiger partial charge in [-0.1, -0.05) is 87.6 Å². The van der Waals surface area contributed by atoms with Gasteiger partial charge in [0.25, 0.3) is 11.8 Å². The number of carbonyl (C=O) groups is 7. The fourth-order valence-corrected chi connectivity index (χ4v) is 10.0. The molecule has 4 saturated heterocycles. The molecule has 2 atom stereocenters. The van der Waals surface area contributed by atoms with E-state index in [1.807, 2.05) is 43.3 Å². The lowest BCUT2D eigenvalue weighted by Crippen LogP contribution is -2.52. The maximum absolute atomic E-state index is 12.9. The number of amides is 6. The van der Waals surface area contributed by atoms with Crippen molar-refractivity contribution in [2.24, 2.45) is 0 Å². The monoisotopic (exact) mass is 946 g/mol. The van der Waals surface area contributed by atoms with Crippen molar-refractivity contribution in [1.82, 2.24) is 30.7 Å². The zero-order chi connectivity index (χ0) is 45.6. The van der Waals surface area contributed by atoms with Crippen molar-refractivity contribution in [3.05, 3.63) is 141 Å². The molecule has 362 valence electrons. The van der Waals surface area contributed by atoms with Gasteiger partial charge in [-0.05, 0) is 141 Å². The molecule has 68 heavy (non-hydrogen) atoms. The van der Waals surface area contributed by atoms with Crippen molar-refractivity contribution in [3.8, 4) is 0 Å². The lowest BCUT2D eigenvalue weighted by molar-refractivity contribution is -0.138. The Morgan fingerprint density at radius 3 is 1.51 bits per heavy atom. The Balaban J connectivity index is 0.000000212. The number of carbonyl (C=O) groups excluding carboxylic acids is 7. The molecule has 0 radical (unpaired) electrons. The molecule has 6 heterocycles. The van der Waals surface area contributed by atoms with Gasteiger partial charge in [0.2, 0.25) is 23.6 Å². The highest BCUT2D eigenvalue weighted by molar-refractivity contribution is 6.06. The number of fused-ring (bicyclic) bond motifs is 2. The van der Waals surface area contributed by atoms with Crippen LogP contribution in [0.1, 0.15) is 148 Å². The van der Waals surface area contributed by atoms with E-state index in [1.165, 1.54) is 22.3 Å². The first-order valence-electron chi connectivity index (χ1n) is 23.0.